The monoisotopic (exact) mass is 420 g/mol. The van der Waals surface area contributed by atoms with E-state index in [4.69, 9.17) is 17.3 Å². The third kappa shape index (κ3) is 4.45. The smallest absolute Gasteiger partial charge is 0.251 e. The predicted octanol–water partition coefficient (Wildman–Crippen LogP) is 5.20. The Morgan fingerprint density at radius 1 is 1.43 bits per heavy atom. The van der Waals surface area contributed by atoms with Crippen molar-refractivity contribution in [3.8, 4) is 0 Å². The zero-order valence-electron chi connectivity index (χ0n) is 15.6. The zero-order chi connectivity index (χ0) is 20.3. The van der Waals surface area contributed by atoms with Crippen LogP contribution in [-0.4, -0.2) is 11.8 Å². The number of primary amides is 1. The van der Waals surface area contributed by atoms with Crippen LogP contribution in [0.15, 0.2) is 24.3 Å². The van der Waals surface area contributed by atoms with Crippen LogP contribution in [0.5, 0.6) is 0 Å². The molecule has 1 aliphatic rings. The molecular weight excluding hydrogens is 399 g/mol. The largest absolute Gasteiger partial charge is 0.365 e. The number of nitrogens with two attached hydrogens (primary N) is 1. The van der Waals surface area contributed by atoms with Gasteiger partial charge in [0.2, 0.25) is 5.91 Å². The summed E-state index contributed by atoms with van der Waals surface area (Å²) in [6.07, 6.45) is 7.53. The number of hydrogen-bond acceptors (Lipinski definition) is 3. The fourth-order valence-corrected chi connectivity index (χ4v) is 5.24. The summed E-state index contributed by atoms with van der Waals surface area (Å²) in [5.41, 5.74) is 7.09. The molecule has 0 bridgehead atoms. The van der Waals surface area contributed by atoms with Gasteiger partial charge >= 0.3 is 0 Å². The van der Waals surface area contributed by atoms with Crippen molar-refractivity contribution in [2.24, 2.45) is 11.7 Å². The molecule has 0 aliphatic heterocycles. The van der Waals surface area contributed by atoms with Crippen LogP contribution in [0.2, 0.25) is 5.02 Å². The van der Waals surface area contributed by atoms with Gasteiger partial charge in [0.15, 0.2) is 0 Å². The van der Waals surface area contributed by atoms with Crippen LogP contribution < -0.4 is 11.1 Å². The molecule has 1 aromatic heterocycles. The predicted molar refractivity (Wildman–Crippen MR) is 112 cm³/mol. The number of anilines is 1. The summed E-state index contributed by atoms with van der Waals surface area (Å²) in [6.45, 7) is 2.17. The molecule has 1 unspecified atom stereocenters. The van der Waals surface area contributed by atoms with E-state index in [1.807, 2.05) is 0 Å². The molecule has 2 aromatic rings. The van der Waals surface area contributed by atoms with E-state index in [0.717, 1.165) is 42.5 Å². The van der Waals surface area contributed by atoms with Gasteiger partial charge in [-0.05, 0) is 49.0 Å². The van der Waals surface area contributed by atoms with Crippen molar-refractivity contribution in [3.05, 3.63) is 56.7 Å². The summed E-state index contributed by atoms with van der Waals surface area (Å²) >= 11 is 7.38. The lowest BCUT2D eigenvalue weighted by molar-refractivity contribution is -0.111. The van der Waals surface area contributed by atoms with E-state index < -0.39 is 17.6 Å². The van der Waals surface area contributed by atoms with Crippen molar-refractivity contribution in [2.75, 3.05) is 5.32 Å². The lowest BCUT2D eigenvalue weighted by Crippen LogP contribution is -2.19. The van der Waals surface area contributed by atoms with Gasteiger partial charge in [-0.25, -0.2) is 4.39 Å². The van der Waals surface area contributed by atoms with Gasteiger partial charge in [0, 0.05) is 16.5 Å². The number of carbonyl (C=O) groups is 2. The molecule has 1 atom stereocenters. The van der Waals surface area contributed by atoms with Crippen molar-refractivity contribution in [2.45, 2.75) is 39.0 Å². The van der Waals surface area contributed by atoms with E-state index in [-0.39, 0.29) is 10.6 Å². The quantitative estimate of drug-likeness (QED) is 0.630. The van der Waals surface area contributed by atoms with Gasteiger partial charge < -0.3 is 11.1 Å². The zero-order valence-corrected chi connectivity index (χ0v) is 17.1. The number of halogens is 2. The Morgan fingerprint density at radius 2 is 2.21 bits per heavy atom. The molecule has 1 aliphatic carbocycles. The van der Waals surface area contributed by atoms with Crippen LogP contribution in [0.4, 0.5) is 9.39 Å². The second-order valence-electron chi connectivity index (χ2n) is 6.93. The molecule has 2 amide bonds. The van der Waals surface area contributed by atoms with Gasteiger partial charge in [-0.1, -0.05) is 37.4 Å². The van der Waals surface area contributed by atoms with E-state index in [9.17, 15) is 14.0 Å². The molecule has 0 radical (unpaired) electrons. The maximum atomic E-state index is 13.8. The maximum Gasteiger partial charge on any atom is 0.251 e. The van der Waals surface area contributed by atoms with Crippen molar-refractivity contribution in [1.29, 1.82) is 0 Å². The average molecular weight is 421 g/mol. The number of hydrogen-bond donors (Lipinski definition) is 2. The Hall–Kier alpha value is -2.18. The van der Waals surface area contributed by atoms with E-state index >= 15 is 0 Å². The molecule has 0 saturated heterocycles. The molecule has 0 fully saturated rings. The summed E-state index contributed by atoms with van der Waals surface area (Å²) in [5, 5.41) is 3.41. The molecule has 3 N–H and O–H groups in total. The number of carbonyl (C=O) groups excluding carboxylic acids is 2. The van der Waals surface area contributed by atoms with Crippen LogP contribution in [0.25, 0.3) is 6.08 Å². The lowest BCUT2D eigenvalue weighted by Gasteiger charge is -2.21. The van der Waals surface area contributed by atoms with Gasteiger partial charge in [0.25, 0.3) is 5.91 Å². The van der Waals surface area contributed by atoms with Gasteiger partial charge in [-0.15, -0.1) is 11.3 Å². The Kier molecular flexibility index (Phi) is 6.52. The molecule has 148 valence electrons. The summed E-state index contributed by atoms with van der Waals surface area (Å²) < 4.78 is 13.8. The Labute approximate surface area is 172 Å². The Bertz CT molecular complexity index is 918. The first kappa shape index (κ1) is 20.6. The summed E-state index contributed by atoms with van der Waals surface area (Å²) in [4.78, 5) is 25.5. The molecule has 0 spiro atoms. The molecule has 0 saturated carbocycles. The fourth-order valence-electron chi connectivity index (χ4n) is 3.64. The van der Waals surface area contributed by atoms with Gasteiger partial charge in [0.05, 0.1) is 10.6 Å². The first-order valence-electron chi connectivity index (χ1n) is 9.28. The van der Waals surface area contributed by atoms with Crippen molar-refractivity contribution in [3.63, 3.8) is 0 Å². The molecule has 3 rings (SSSR count). The highest BCUT2D eigenvalue weighted by Gasteiger charge is 2.28. The van der Waals surface area contributed by atoms with Crippen molar-refractivity contribution < 1.29 is 14.0 Å². The second kappa shape index (κ2) is 8.88. The fraction of sp³-hybridized carbons (Fsp3) is 0.333. The summed E-state index contributed by atoms with van der Waals surface area (Å²) in [5.74, 6) is -0.917. The topological polar surface area (TPSA) is 72.2 Å². The minimum absolute atomic E-state index is 0.141. The van der Waals surface area contributed by atoms with Gasteiger partial charge in [-0.2, -0.15) is 0 Å². The van der Waals surface area contributed by atoms with E-state index in [1.165, 1.54) is 35.6 Å². The van der Waals surface area contributed by atoms with Crippen LogP contribution in [0, 0.1) is 11.7 Å². The lowest BCUT2D eigenvalue weighted by atomic mass is 9.84. The normalized spacial score (nSPS) is 16.2. The summed E-state index contributed by atoms with van der Waals surface area (Å²) in [6, 6.07) is 4.32. The summed E-state index contributed by atoms with van der Waals surface area (Å²) in [7, 11) is 0. The molecule has 4 nitrogen and oxygen atoms in total. The molecular formula is C21H22ClFN2O2S. The SMILES string of the molecule is CCCC1CCc2c(sc(NC(=O)/C=C/c3c(F)cccc3Cl)c2C(N)=O)C1. The highest BCUT2D eigenvalue weighted by molar-refractivity contribution is 7.17. The Morgan fingerprint density at radius 3 is 2.89 bits per heavy atom. The standard InChI is InChI=1S/C21H22ClFN2O2S/c1-2-4-12-7-8-14-17(11-12)28-21(19(14)20(24)27)25-18(26)10-9-13-15(22)5-3-6-16(13)23/h3,5-6,9-10,12H,2,4,7-8,11H2,1H3,(H2,24,27)(H,25,26)/b10-9+. The first-order valence-corrected chi connectivity index (χ1v) is 10.5. The molecule has 1 aromatic carbocycles. The highest BCUT2D eigenvalue weighted by Crippen LogP contribution is 2.40. The number of nitrogens with one attached hydrogen (secondary N) is 1. The number of fused-ring (bicyclic) bond motifs is 1. The van der Waals surface area contributed by atoms with E-state index in [2.05, 4.69) is 12.2 Å². The third-order valence-corrected chi connectivity index (χ3v) is 6.45. The minimum atomic E-state index is -0.539. The number of amides is 2. The third-order valence-electron chi connectivity index (χ3n) is 4.95. The van der Waals surface area contributed by atoms with E-state index in [0.29, 0.717) is 16.5 Å². The number of benzene rings is 1. The van der Waals surface area contributed by atoms with Crippen LogP contribution >= 0.6 is 22.9 Å². The number of thiophene rings is 1. The number of rotatable bonds is 6. The van der Waals surface area contributed by atoms with Crippen LogP contribution in [0.1, 0.15) is 52.5 Å². The average Bonchev–Trinajstić information content (AvgIpc) is 2.98. The van der Waals surface area contributed by atoms with Crippen LogP contribution in [-0.2, 0) is 17.6 Å². The molecule has 28 heavy (non-hydrogen) atoms. The minimum Gasteiger partial charge on any atom is -0.365 e. The van der Waals surface area contributed by atoms with Gasteiger partial charge in [0.1, 0.15) is 10.8 Å². The van der Waals surface area contributed by atoms with Crippen LogP contribution in [0.3, 0.4) is 0 Å². The van der Waals surface area contributed by atoms with E-state index in [1.54, 1.807) is 6.07 Å². The Balaban J connectivity index is 1.81. The molecule has 7 heteroatoms. The molecule has 1 heterocycles. The van der Waals surface area contributed by atoms with Gasteiger partial charge in [-0.3, -0.25) is 9.59 Å². The first-order chi connectivity index (χ1) is 13.4. The van der Waals surface area contributed by atoms with Crippen molar-refractivity contribution >= 4 is 45.8 Å². The van der Waals surface area contributed by atoms with Crippen molar-refractivity contribution in [1.82, 2.24) is 0 Å². The maximum absolute atomic E-state index is 13.8. The highest BCUT2D eigenvalue weighted by atomic mass is 35.5. The second-order valence-corrected chi connectivity index (χ2v) is 8.44.